The van der Waals surface area contributed by atoms with E-state index < -0.39 is 36.8 Å². The second-order valence-electron chi connectivity index (χ2n) is 3.37. The van der Waals surface area contributed by atoms with Crippen molar-refractivity contribution >= 4 is 0 Å². The molecule has 1 aliphatic rings. The van der Waals surface area contributed by atoms with Crippen LogP contribution in [0.25, 0.3) is 0 Å². The normalized spacial score (nSPS) is 52.2. The summed E-state index contributed by atoms with van der Waals surface area (Å²) in [5, 5.41) is 45.9. The fourth-order valence-electron chi connectivity index (χ4n) is 1.23. The van der Waals surface area contributed by atoms with E-state index in [0.29, 0.717) is 0 Å². The van der Waals surface area contributed by atoms with Crippen LogP contribution in [-0.4, -0.2) is 62.3 Å². The van der Waals surface area contributed by atoms with Crippen molar-refractivity contribution in [1.82, 2.24) is 0 Å². The van der Waals surface area contributed by atoms with Gasteiger partial charge in [0.25, 0.3) is 0 Å². The first-order valence-electron chi connectivity index (χ1n) is 3.94. The lowest BCUT2D eigenvalue weighted by molar-refractivity contribution is -0.323. The molecule has 5 atom stereocenters. The molecule has 1 heterocycles. The average molecular weight is 194 g/mol. The molecule has 0 bridgehead atoms. The molecule has 0 spiro atoms. The zero-order valence-electron chi connectivity index (χ0n) is 7.16. The lowest BCUT2D eigenvalue weighted by Gasteiger charge is -2.43. The number of rotatable bonds is 1. The molecule has 6 heteroatoms. The van der Waals surface area contributed by atoms with E-state index in [4.69, 9.17) is 5.11 Å². The molecule has 78 valence electrons. The maximum atomic E-state index is 9.43. The monoisotopic (exact) mass is 194 g/mol. The van der Waals surface area contributed by atoms with E-state index in [1.165, 1.54) is 0 Å². The van der Waals surface area contributed by atoms with Gasteiger partial charge in [0, 0.05) is 0 Å². The van der Waals surface area contributed by atoms with Gasteiger partial charge < -0.3 is 30.3 Å². The summed E-state index contributed by atoms with van der Waals surface area (Å²) in [5.74, 6) is 0. The van der Waals surface area contributed by atoms with E-state index in [2.05, 4.69) is 4.74 Å². The second-order valence-corrected chi connectivity index (χ2v) is 3.37. The smallest absolute Gasteiger partial charge is 0.186 e. The topological polar surface area (TPSA) is 110 Å². The number of hydrogen-bond acceptors (Lipinski definition) is 6. The van der Waals surface area contributed by atoms with E-state index in [-0.39, 0.29) is 0 Å². The van der Waals surface area contributed by atoms with E-state index in [1.807, 2.05) is 0 Å². The third kappa shape index (κ3) is 1.69. The van der Waals surface area contributed by atoms with Crippen molar-refractivity contribution in [2.45, 2.75) is 37.1 Å². The SMILES string of the molecule is C[C@@]1(O)C(O)O[C@@H](CO)[C@@H](O)[C@H]1O. The second kappa shape index (κ2) is 3.49. The van der Waals surface area contributed by atoms with Crippen LogP contribution in [0.15, 0.2) is 0 Å². The molecule has 6 nitrogen and oxygen atoms in total. The maximum absolute atomic E-state index is 9.43. The summed E-state index contributed by atoms with van der Waals surface area (Å²) in [5.41, 5.74) is -1.93. The van der Waals surface area contributed by atoms with Gasteiger partial charge in [-0.2, -0.15) is 0 Å². The lowest BCUT2D eigenvalue weighted by atomic mass is 9.88. The third-order valence-corrected chi connectivity index (χ3v) is 2.29. The van der Waals surface area contributed by atoms with Crippen molar-refractivity contribution in [2.75, 3.05) is 6.61 Å². The average Bonchev–Trinajstić information content (AvgIpc) is 2.09. The highest BCUT2D eigenvalue weighted by atomic mass is 16.6. The minimum absolute atomic E-state index is 0.536. The van der Waals surface area contributed by atoms with Gasteiger partial charge in [-0.25, -0.2) is 0 Å². The maximum Gasteiger partial charge on any atom is 0.186 e. The summed E-state index contributed by atoms with van der Waals surface area (Å²) >= 11 is 0. The summed E-state index contributed by atoms with van der Waals surface area (Å²) < 4.78 is 4.68. The molecule has 0 aromatic rings. The van der Waals surface area contributed by atoms with Crippen LogP contribution in [0.3, 0.4) is 0 Å². The predicted octanol–water partition coefficient (Wildman–Crippen LogP) is -2.83. The first-order chi connectivity index (χ1) is 5.91. The highest BCUT2D eigenvalue weighted by Crippen LogP contribution is 2.27. The molecule has 0 amide bonds. The summed E-state index contributed by atoms with van der Waals surface area (Å²) in [6.45, 7) is 0.602. The van der Waals surface area contributed by atoms with Crippen LogP contribution in [-0.2, 0) is 4.74 Å². The van der Waals surface area contributed by atoms with E-state index in [1.54, 1.807) is 0 Å². The standard InChI is InChI=1S/C7H14O6/c1-7(12)5(10)4(9)3(2-8)13-6(7)11/h3-6,8-12H,2H2,1H3/t3-,4+,5+,6?,7-/m0/s1. The summed E-state index contributed by atoms with van der Waals surface area (Å²) in [6.07, 6.45) is -5.66. The molecule has 0 saturated carbocycles. The molecule has 1 fully saturated rings. The van der Waals surface area contributed by atoms with Crippen LogP contribution >= 0.6 is 0 Å². The molecule has 13 heavy (non-hydrogen) atoms. The van der Waals surface area contributed by atoms with Gasteiger partial charge in [-0.15, -0.1) is 0 Å². The molecule has 1 rings (SSSR count). The van der Waals surface area contributed by atoms with Crippen LogP contribution in [0, 0.1) is 0 Å². The van der Waals surface area contributed by atoms with Crippen molar-refractivity contribution in [3.05, 3.63) is 0 Å². The zero-order valence-corrected chi connectivity index (χ0v) is 7.16. The van der Waals surface area contributed by atoms with Gasteiger partial charge >= 0.3 is 0 Å². The Morgan fingerprint density at radius 1 is 1.31 bits per heavy atom. The van der Waals surface area contributed by atoms with E-state index in [9.17, 15) is 20.4 Å². The molecule has 1 aliphatic heterocycles. The molecular formula is C7H14O6. The fourth-order valence-corrected chi connectivity index (χ4v) is 1.23. The van der Waals surface area contributed by atoms with Crippen LogP contribution < -0.4 is 0 Å². The summed E-state index contributed by atoms with van der Waals surface area (Å²) in [6, 6.07) is 0. The van der Waals surface area contributed by atoms with Crippen LogP contribution in [0.1, 0.15) is 6.92 Å². The summed E-state index contributed by atoms with van der Waals surface area (Å²) in [7, 11) is 0. The van der Waals surface area contributed by atoms with Gasteiger partial charge in [-0.3, -0.25) is 0 Å². The number of ether oxygens (including phenoxy) is 1. The Balaban J connectivity index is 2.79. The first-order valence-corrected chi connectivity index (χ1v) is 3.94. The summed E-state index contributed by atoms with van der Waals surface area (Å²) in [4.78, 5) is 0. The third-order valence-electron chi connectivity index (χ3n) is 2.29. The van der Waals surface area contributed by atoms with Crippen molar-refractivity contribution < 1.29 is 30.3 Å². The molecular weight excluding hydrogens is 180 g/mol. The quantitative estimate of drug-likeness (QED) is 0.308. The zero-order chi connectivity index (χ0) is 10.2. The van der Waals surface area contributed by atoms with Crippen LogP contribution in [0.2, 0.25) is 0 Å². The van der Waals surface area contributed by atoms with Gasteiger partial charge in [0.2, 0.25) is 0 Å². The minimum atomic E-state index is -1.93. The minimum Gasteiger partial charge on any atom is -0.394 e. The van der Waals surface area contributed by atoms with Crippen molar-refractivity contribution in [3.8, 4) is 0 Å². The van der Waals surface area contributed by atoms with Crippen molar-refractivity contribution in [3.63, 3.8) is 0 Å². The van der Waals surface area contributed by atoms with Gasteiger partial charge in [0.15, 0.2) is 6.29 Å². The van der Waals surface area contributed by atoms with Gasteiger partial charge in [0.05, 0.1) is 6.61 Å². The van der Waals surface area contributed by atoms with E-state index >= 15 is 0 Å². The fraction of sp³-hybridized carbons (Fsp3) is 1.00. The molecule has 5 N–H and O–H groups in total. The lowest BCUT2D eigenvalue weighted by Crippen LogP contribution is -2.65. The number of hydrogen-bond donors (Lipinski definition) is 5. The largest absolute Gasteiger partial charge is 0.394 e. The Labute approximate surface area is 75.0 Å². The van der Waals surface area contributed by atoms with Crippen molar-refractivity contribution in [2.24, 2.45) is 0 Å². The van der Waals surface area contributed by atoms with Gasteiger partial charge in [0.1, 0.15) is 23.9 Å². The Bertz CT molecular complexity index is 182. The first kappa shape index (κ1) is 10.8. The van der Waals surface area contributed by atoms with Gasteiger partial charge in [-0.05, 0) is 6.92 Å². The number of aliphatic hydroxyl groups excluding tert-OH is 4. The van der Waals surface area contributed by atoms with Crippen LogP contribution in [0.5, 0.6) is 0 Å². The number of aliphatic hydroxyl groups is 5. The Morgan fingerprint density at radius 2 is 1.85 bits per heavy atom. The van der Waals surface area contributed by atoms with E-state index in [0.717, 1.165) is 6.92 Å². The molecule has 0 aliphatic carbocycles. The predicted molar refractivity (Wildman–Crippen MR) is 40.6 cm³/mol. The Hall–Kier alpha value is -0.240. The molecule has 0 radical (unpaired) electrons. The highest BCUT2D eigenvalue weighted by molar-refractivity contribution is 4.96. The van der Waals surface area contributed by atoms with Gasteiger partial charge in [-0.1, -0.05) is 0 Å². The molecule has 1 saturated heterocycles. The Kier molecular flexibility index (Phi) is 2.91. The Morgan fingerprint density at radius 3 is 2.31 bits per heavy atom. The van der Waals surface area contributed by atoms with Crippen molar-refractivity contribution in [1.29, 1.82) is 0 Å². The highest BCUT2D eigenvalue weighted by Gasteiger charge is 2.50. The molecule has 1 unspecified atom stereocenters. The molecule has 0 aromatic carbocycles. The van der Waals surface area contributed by atoms with Crippen LogP contribution in [0.4, 0.5) is 0 Å². The molecule has 0 aromatic heterocycles.